The van der Waals surface area contributed by atoms with E-state index in [2.05, 4.69) is 15.3 Å². The van der Waals surface area contributed by atoms with E-state index in [-0.39, 0.29) is 23.8 Å². The lowest BCUT2D eigenvalue weighted by Gasteiger charge is -2.25. The molecular formula is C20H25N3O4. The Morgan fingerprint density at radius 1 is 1.44 bits per heavy atom. The topological polar surface area (TPSA) is 93.3 Å². The van der Waals surface area contributed by atoms with Gasteiger partial charge in [0.25, 0.3) is 5.56 Å². The summed E-state index contributed by atoms with van der Waals surface area (Å²) >= 11 is 0. The standard InChI is InChI=1S/C20H25N3O4/c1-4-18-22-12(2)16(20(25)23-18)9-19(24)21-10-13-7-14-5-6-15(26-3)8-17(14)27-11-13/h5-6,8,13H,4,7,9-11H2,1-3H3,(H,21,24)(H,22,23,25)/t13-/m0/s1. The summed E-state index contributed by atoms with van der Waals surface area (Å²) in [6.45, 7) is 4.72. The molecule has 2 aromatic rings. The molecule has 1 aliphatic heterocycles. The number of benzene rings is 1. The van der Waals surface area contributed by atoms with Gasteiger partial charge in [-0.3, -0.25) is 9.59 Å². The van der Waals surface area contributed by atoms with E-state index >= 15 is 0 Å². The Balaban J connectivity index is 1.56. The zero-order valence-electron chi connectivity index (χ0n) is 15.9. The first-order valence-electron chi connectivity index (χ1n) is 9.15. The number of carbonyl (C=O) groups is 1. The lowest BCUT2D eigenvalue weighted by Crippen LogP contribution is -2.36. The van der Waals surface area contributed by atoms with E-state index in [1.165, 1.54) is 0 Å². The lowest BCUT2D eigenvalue weighted by atomic mass is 9.96. The molecule has 27 heavy (non-hydrogen) atoms. The van der Waals surface area contributed by atoms with Gasteiger partial charge < -0.3 is 19.8 Å². The molecule has 1 amide bonds. The molecule has 3 rings (SSSR count). The minimum atomic E-state index is -0.238. The summed E-state index contributed by atoms with van der Waals surface area (Å²) in [5, 5.41) is 2.91. The van der Waals surface area contributed by atoms with Crippen molar-refractivity contribution in [3.8, 4) is 11.5 Å². The third-order valence-electron chi connectivity index (χ3n) is 4.79. The maximum atomic E-state index is 12.3. The number of nitrogens with zero attached hydrogens (tertiary/aromatic N) is 1. The molecule has 144 valence electrons. The second-order valence-electron chi connectivity index (χ2n) is 6.77. The van der Waals surface area contributed by atoms with Crippen LogP contribution >= 0.6 is 0 Å². The first-order chi connectivity index (χ1) is 13.0. The van der Waals surface area contributed by atoms with Crippen LogP contribution in [0.3, 0.4) is 0 Å². The molecule has 7 nitrogen and oxygen atoms in total. The Morgan fingerprint density at radius 2 is 2.26 bits per heavy atom. The molecule has 0 saturated heterocycles. The number of methoxy groups -OCH3 is 1. The van der Waals surface area contributed by atoms with Gasteiger partial charge in [-0.2, -0.15) is 0 Å². The zero-order valence-corrected chi connectivity index (χ0v) is 15.9. The van der Waals surface area contributed by atoms with Gasteiger partial charge in [-0.15, -0.1) is 0 Å². The number of aromatic amines is 1. The highest BCUT2D eigenvalue weighted by Crippen LogP contribution is 2.30. The Labute approximate surface area is 158 Å². The number of H-pyrrole nitrogens is 1. The highest BCUT2D eigenvalue weighted by Gasteiger charge is 2.21. The fourth-order valence-electron chi connectivity index (χ4n) is 3.20. The third-order valence-corrected chi connectivity index (χ3v) is 4.79. The van der Waals surface area contributed by atoms with Crippen LogP contribution in [0.25, 0.3) is 0 Å². The molecule has 0 aliphatic carbocycles. The highest BCUT2D eigenvalue weighted by atomic mass is 16.5. The van der Waals surface area contributed by atoms with Crippen LogP contribution in [0, 0.1) is 12.8 Å². The molecule has 7 heteroatoms. The van der Waals surface area contributed by atoms with E-state index in [0.717, 1.165) is 23.5 Å². The number of carbonyl (C=O) groups excluding carboxylic acids is 1. The smallest absolute Gasteiger partial charge is 0.254 e. The molecule has 1 aliphatic rings. The van der Waals surface area contributed by atoms with E-state index in [4.69, 9.17) is 9.47 Å². The van der Waals surface area contributed by atoms with Crippen molar-refractivity contribution in [2.45, 2.75) is 33.1 Å². The predicted octanol–water partition coefficient (Wildman–Crippen LogP) is 1.56. The van der Waals surface area contributed by atoms with Crippen LogP contribution in [0.15, 0.2) is 23.0 Å². The molecule has 1 aromatic heterocycles. The normalized spacial score (nSPS) is 15.6. The first kappa shape index (κ1) is 18.9. The number of nitrogens with one attached hydrogen (secondary N) is 2. The van der Waals surface area contributed by atoms with Gasteiger partial charge in [0.05, 0.1) is 20.1 Å². The molecule has 0 radical (unpaired) electrons. The van der Waals surface area contributed by atoms with E-state index in [1.54, 1.807) is 14.0 Å². The highest BCUT2D eigenvalue weighted by molar-refractivity contribution is 5.78. The Hall–Kier alpha value is -2.83. The maximum Gasteiger partial charge on any atom is 0.254 e. The summed E-state index contributed by atoms with van der Waals surface area (Å²) in [6.07, 6.45) is 1.50. The molecule has 2 N–H and O–H groups in total. The Kier molecular flexibility index (Phi) is 5.78. The third kappa shape index (κ3) is 4.48. The molecule has 0 saturated carbocycles. The van der Waals surface area contributed by atoms with Crippen molar-refractivity contribution in [1.82, 2.24) is 15.3 Å². The number of hydrogen-bond acceptors (Lipinski definition) is 5. The zero-order chi connectivity index (χ0) is 19.4. The van der Waals surface area contributed by atoms with Crippen molar-refractivity contribution in [2.24, 2.45) is 5.92 Å². The van der Waals surface area contributed by atoms with Gasteiger partial charge in [0.15, 0.2) is 0 Å². The SMILES string of the molecule is CCc1nc(C)c(CC(=O)NC[C@H]2COc3cc(OC)ccc3C2)c(=O)[nH]1. The summed E-state index contributed by atoms with van der Waals surface area (Å²) in [7, 11) is 1.63. The Bertz CT molecular complexity index is 891. The minimum Gasteiger partial charge on any atom is -0.497 e. The summed E-state index contributed by atoms with van der Waals surface area (Å²) in [5.74, 6) is 2.24. The summed E-state index contributed by atoms with van der Waals surface area (Å²) in [5.41, 5.74) is 1.89. The number of fused-ring (bicyclic) bond motifs is 1. The summed E-state index contributed by atoms with van der Waals surface area (Å²) in [6, 6.07) is 5.78. The van der Waals surface area contributed by atoms with Crippen LogP contribution < -0.4 is 20.3 Å². The van der Waals surface area contributed by atoms with Crippen LogP contribution in [0.5, 0.6) is 11.5 Å². The van der Waals surface area contributed by atoms with Crippen LogP contribution in [-0.2, 0) is 24.1 Å². The van der Waals surface area contributed by atoms with Gasteiger partial charge in [-0.25, -0.2) is 4.98 Å². The molecular weight excluding hydrogens is 346 g/mol. The fourth-order valence-corrected chi connectivity index (χ4v) is 3.20. The predicted molar refractivity (Wildman–Crippen MR) is 101 cm³/mol. The largest absolute Gasteiger partial charge is 0.497 e. The van der Waals surface area contributed by atoms with Crippen LogP contribution in [0.1, 0.15) is 29.6 Å². The van der Waals surface area contributed by atoms with Gasteiger partial charge in [0.1, 0.15) is 17.3 Å². The molecule has 0 bridgehead atoms. The number of ether oxygens (including phenoxy) is 2. The minimum absolute atomic E-state index is 0.0273. The lowest BCUT2D eigenvalue weighted by molar-refractivity contribution is -0.120. The number of hydrogen-bond donors (Lipinski definition) is 2. The van der Waals surface area contributed by atoms with Crippen molar-refractivity contribution < 1.29 is 14.3 Å². The number of aryl methyl sites for hydroxylation is 2. The molecule has 0 spiro atoms. The molecule has 0 unspecified atom stereocenters. The van der Waals surface area contributed by atoms with E-state index in [1.807, 2.05) is 25.1 Å². The monoisotopic (exact) mass is 371 g/mol. The average molecular weight is 371 g/mol. The van der Waals surface area contributed by atoms with Crippen molar-refractivity contribution in [3.63, 3.8) is 0 Å². The number of rotatable bonds is 6. The number of aromatic nitrogens is 2. The van der Waals surface area contributed by atoms with Crippen LogP contribution in [0.4, 0.5) is 0 Å². The quantitative estimate of drug-likeness (QED) is 0.804. The van der Waals surface area contributed by atoms with E-state index in [9.17, 15) is 9.59 Å². The summed E-state index contributed by atoms with van der Waals surface area (Å²) < 4.78 is 11.0. The van der Waals surface area contributed by atoms with Gasteiger partial charge in [-0.1, -0.05) is 13.0 Å². The van der Waals surface area contributed by atoms with Crippen molar-refractivity contribution in [2.75, 3.05) is 20.3 Å². The van der Waals surface area contributed by atoms with Gasteiger partial charge >= 0.3 is 0 Å². The van der Waals surface area contributed by atoms with Crippen molar-refractivity contribution >= 4 is 5.91 Å². The van der Waals surface area contributed by atoms with Crippen LogP contribution in [0.2, 0.25) is 0 Å². The van der Waals surface area contributed by atoms with E-state index < -0.39 is 0 Å². The number of amides is 1. The van der Waals surface area contributed by atoms with Crippen molar-refractivity contribution in [3.05, 3.63) is 51.2 Å². The van der Waals surface area contributed by atoms with E-state index in [0.29, 0.717) is 36.7 Å². The average Bonchev–Trinajstić information content (AvgIpc) is 2.68. The van der Waals surface area contributed by atoms with Gasteiger partial charge in [0, 0.05) is 36.2 Å². The van der Waals surface area contributed by atoms with Gasteiger partial charge in [-0.05, 0) is 25.0 Å². The Morgan fingerprint density at radius 3 is 2.96 bits per heavy atom. The molecule has 1 atom stereocenters. The molecule has 2 heterocycles. The second-order valence-corrected chi connectivity index (χ2v) is 6.77. The fraction of sp³-hybridized carbons (Fsp3) is 0.450. The van der Waals surface area contributed by atoms with Crippen LogP contribution in [-0.4, -0.2) is 36.1 Å². The van der Waals surface area contributed by atoms with Gasteiger partial charge in [0.2, 0.25) is 5.91 Å². The first-order valence-corrected chi connectivity index (χ1v) is 9.15. The second kappa shape index (κ2) is 8.24. The van der Waals surface area contributed by atoms with Crippen molar-refractivity contribution in [1.29, 1.82) is 0 Å². The summed E-state index contributed by atoms with van der Waals surface area (Å²) in [4.78, 5) is 31.5. The maximum absolute atomic E-state index is 12.3. The molecule has 0 fully saturated rings. The molecule has 1 aromatic carbocycles.